The fraction of sp³-hybridized carbons (Fsp3) is 0.385. The largest absolute Gasteiger partial charge is 0.459 e. The van der Waals surface area contributed by atoms with Crippen LogP contribution in [0.5, 0.6) is 0 Å². The number of carbonyl (C=O) groups excluding carboxylic acids is 2. The molecule has 0 aromatic heterocycles. The molecule has 0 fully saturated rings. The molecule has 0 spiro atoms. The van der Waals surface area contributed by atoms with Gasteiger partial charge in [-0.05, 0) is 18.6 Å². The Labute approximate surface area is 105 Å². The van der Waals surface area contributed by atoms with E-state index in [4.69, 9.17) is 4.74 Å². The summed E-state index contributed by atoms with van der Waals surface area (Å²) in [6.45, 7) is 2.23. The van der Waals surface area contributed by atoms with Crippen LogP contribution in [-0.4, -0.2) is 18.5 Å². The maximum atomic E-state index is 13.2. The lowest BCUT2D eigenvalue weighted by Gasteiger charge is -2.06. The normalized spacial score (nSPS) is 9.89. The van der Waals surface area contributed by atoms with Crippen molar-refractivity contribution >= 4 is 17.6 Å². The molecule has 0 saturated heterocycles. The van der Waals surface area contributed by atoms with Gasteiger partial charge in [-0.2, -0.15) is 0 Å². The van der Waals surface area contributed by atoms with Gasteiger partial charge in [0.1, 0.15) is 5.82 Å². The molecule has 0 saturated carbocycles. The molecule has 1 amide bonds. The van der Waals surface area contributed by atoms with Crippen molar-refractivity contribution < 1.29 is 18.7 Å². The van der Waals surface area contributed by atoms with E-state index in [1.165, 1.54) is 18.2 Å². The molecule has 5 heteroatoms. The average Bonchev–Trinajstić information content (AvgIpc) is 2.37. The third-order valence-corrected chi connectivity index (χ3v) is 2.29. The van der Waals surface area contributed by atoms with Gasteiger partial charge in [-0.15, -0.1) is 0 Å². The summed E-state index contributed by atoms with van der Waals surface area (Å²) in [5, 5.41) is 2.16. The molecule has 0 heterocycles. The van der Waals surface area contributed by atoms with Crippen LogP contribution in [0.2, 0.25) is 0 Å². The van der Waals surface area contributed by atoms with Crippen LogP contribution >= 0.6 is 0 Å². The zero-order valence-corrected chi connectivity index (χ0v) is 10.2. The minimum Gasteiger partial charge on any atom is -0.459 e. The predicted molar refractivity (Wildman–Crippen MR) is 65.5 cm³/mol. The topological polar surface area (TPSA) is 55.4 Å². The van der Waals surface area contributed by atoms with Crippen molar-refractivity contribution in [3.05, 3.63) is 30.1 Å². The molecule has 0 aliphatic heterocycles. The summed E-state index contributed by atoms with van der Waals surface area (Å²) in [6, 6.07) is 5.62. The van der Waals surface area contributed by atoms with Gasteiger partial charge in [0, 0.05) is 0 Å². The molecule has 98 valence electrons. The Morgan fingerprint density at radius 3 is 2.67 bits per heavy atom. The van der Waals surface area contributed by atoms with E-state index in [-0.39, 0.29) is 12.3 Å². The van der Waals surface area contributed by atoms with Crippen molar-refractivity contribution in [3.8, 4) is 0 Å². The van der Waals surface area contributed by atoms with Crippen molar-refractivity contribution in [3.63, 3.8) is 0 Å². The maximum absolute atomic E-state index is 13.2. The van der Waals surface area contributed by atoms with Gasteiger partial charge in [-0.25, -0.2) is 9.18 Å². The molecule has 1 aromatic rings. The number of anilines is 1. The number of hydrogen-bond acceptors (Lipinski definition) is 3. The third kappa shape index (κ3) is 4.53. The van der Waals surface area contributed by atoms with E-state index in [0.29, 0.717) is 0 Å². The van der Waals surface area contributed by atoms with Crippen molar-refractivity contribution in [1.82, 2.24) is 0 Å². The Morgan fingerprint density at radius 2 is 2.00 bits per heavy atom. The Kier molecular flexibility index (Phi) is 5.84. The van der Waals surface area contributed by atoms with Crippen LogP contribution in [-0.2, 0) is 14.3 Å². The second-order valence-electron chi connectivity index (χ2n) is 3.78. The number of halogens is 1. The lowest BCUT2D eigenvalue weighted by atomic mass is 10.3. The van der Waals surface area contributed by atoms with E-state index in [1.807, 2.05) is 6.92 Å². The summed E-state index contributed by atoms with van der Waals surface area (Å²) in [5.74, 6) is -2.55. The number of para-hydroxylation sites is 1. The van der Waals surface area contributed by atoms with Crippen LogP contribution in [0.25, 0.3) is 0 Å². The molecule has 0 aliphatic carbocycles. The predicted octanol–water partition coefficient (Wildman–Crippen LogP) is 2.50. The number of rotatable bonds is 5. The van der Waals surface area contributed by atoms with E-state index >= 15 is 0 Å². The molecule has 0 bridgehead atoms. The lowest BCUT2D eigenvalue weighted by Crippen LogP contribution is -2.25. The van der Waals surface area contributed by atoms with Crippen LogP contribution in [0.4, 0.5) is 10.1 Å². The number of unbranched alkanes of at least 4 members (excludes halogenated alkanes) is 2. The Hall–Kier alpha value is -1.91. The van der Waals surface area contributed by atoms with Crippen molar-refractivity contribution in [2.75, 3.05) is 11.9 Å². The van der Waals surface area contributed by atoms with Crippen LogP contribution in [0, 0.1) is 5.82 Å². The fourth-order valence-electron chi connectivity index (χ4n) is 1.32. The smallest absolute Gasteiger partial charge is 0.397 e. The fourth-order valence-corrected chi connectivity index (χ4v) is 1.32. The summed E-state index contributed by atoms with van der Waals surface area (Å²) >= 11 is 0. The summed E-state index contributed by atoms with van der Waals surface area (Å²) in [7, 11) is 0. The van der Waals surface area contributed by atoms with Crippen LogP contribution in [0.3, 0.4) is 0 Å². The van der Waals surface area contributed by atoms with Gasteiger partial charge < -0.3 is 10.1 Å². The highest BCUT2D eigenvalue weighted by molar-refractivity contribution is 6.37. The molecule has 1 N–H and O–H groups in total. The van der Waals surface area contributed by atoms with Crippen LogP contribution in [0.15, 0.2) is 24.3 Å². The summed E-state index contributed by atoms with van der Waals surface area (Å²) in [5.41, 5.74) is -0.0343. The molecule has 1 rings (SSSR count). The first-order valence-electron chi connectivity index (χ1n) is 5.87. The highest BCUT2D eigenvalue weighted by Crippen LogP contribution is 2.12. The molecular weight excluding hydrogens is 237 g/mol. The minimum atomic E-state index is -0.991. The zero-order chi connectivity index (χ0) is 13.4. The van der Waals surface area contributed by atoms with Crippen molar-refractivity contribution in [2.45, 2.75) is 26.2 Å². The standard InChI is InChI=1S/C13H16FNO3/c1-2-3-6-9-18-13(17)12(16)15-11-8-5-4-7-10(11)14/h4-5,7-8H,2-3,6,9H2,1H3,(H,15,16). The van der Waals surface area contributed by atoms with Gasteiger partial charge >= 0.3 is 11.9 Å². The lowest BCUT2D eigenvalue weighted by molar-refractivity contribution is -0.152. The van der Waals surface area contributed by atoms with Gasteiger partial charge in [-0.3, -0.25) is 4.79 Å². The maximum Gasteiger partial charge on any atom is 0.397 e. The Bertz CT molecular complexity index is 420. The minimum absolute atomic E-state index is 0.0343. The van der Waals surface area contributed by atoms with E-state index in [2.05, 4.69) is 5.32 Å². The van der Waals surface area contributed by atoms with Gasteiger partial charge in [0.15, 0.2) is 0 Å². The number of hydrogen-bond donors (Lipinski definition) is 1. The zero-order valence-electron chi connectivity index (χ0n) is 10.2. The van der Waals surface area contributed by atoms with Gasteiger partial charge in [0.25, 0.3) is 0 Å². The first-order chi connectivity index (χ1) is 8.65. The van der Waals surface area contributed by atoms with Crippen LogP contribution in [0.1, 0.15) is 26.2 Å². The number of ether oxygens (including phenoxy) is 1. The number of carbonyl (C=O) groups is 2. The number of nitrogens with one attached hydrogen (secondary N) is 1. The highest BCUT2D eigenvalue weighted by Gasteiger charge is 2.16. The van der Waals surface area contributed by atoms with E-state index < -0.39 is 17.7 Å². The monoisotopic (exact) mass is 253 g/mol. The molecular formula is C13H16FNO3. The molecule has 4 nitrogen and oxygen atoms in total. The Balaban J connectivity index is 2.41. The Morgan fingerprint density at radius 1 is 1.28 bits per heavy atom. The van der Waals surface area contributed by atoms with Crippen LogP contribution < -0.4 is 5.32 Å². The quantitative estimate of drug-likeness (QED) is 0.498. The number of benzene rings is 1. The average molecular weight is 253 g/mol. The summed E-state index contributed by atoms with van der Waals surface area (Å²) in [6.07, 6.45) is 2.65. The number of esters is 1. The number of amides is 1. The molecule has 0 atom stereocenters. The SMILES string of the molecule is CCCCCOC(=O)C(=O)Nc1ccccc1F. The van der Waals surface area contributed by atoms with E-state index in [1.54, 1.807) is 6.07 Å². The highest BCUT2D eigenvalue weighted by atomic mass is 19.1. The van der Waals surface area contributed by atoms with Crippen molar-refractivity contribution in [2.24, 2.45) is 0 Å². The van der Waals surface area contributed by atoms with E-state index in [9.17, 15) is 14.0 Å². The second-order valence-corrected chi connectivity index (χ2v) is 3.78. The molecule has 18 heavy (non-hydrogen) atoms. The second kappa shape index (κ2) is 7.42. The first-order valence-corrected chi connectivity index (χ1v) is 5.87. The molecule has 0 aliphatic rings. The molecule has 0 unspecified atom stereocenters. The van der Waals surface area contributed by atoms with Gasteiger partial charge in [0.2, 0.25) is 0 Å². The van der Waals surface area contributed by atoms with Crippen molar-refractivity contribution in [1.29, 1.82) is 0 Å². The summed E-state index contributed by atoms with van der Waals surface area (Å²) < 4.78 is 17.9. The van der Waals surface area contributed by atoms with Gasteiger partial charge in [-0.1, -0.05) is 31.9 Å². The molecule has 1 aromatic carbocycles. The summed E-state index contributed by atoms with van der Waals surface area (Å²) in [4.78, 5) is 22.6. The van der Waals surface area contributed by atoms with Gasteiger partial charge in [0.05, 0.1) is 12.3 Å². The van der Waals surface area contributed by atoms with E-state index in [0.717, 1.165) is 19.3 Å². The molecule has 0 radical (unpaired) electrons. The third-order valence-electron chi connectivity index (χ3n) is 2.29. The first kappa shape index (κ1) is 14.2.